The summed E-state index contributed by atoms with van der Waals surface area (Å²) < 4.78 is 0. The number of rotatable bonds is 4. The van der Waals surface area contributed by atoms with Crippen molar-refractivity contribution in [2.45, 2.75) is 12.5 Å². The van der Waals surface area contributed by atoms with Crippen molar-refractivity contribution in [3.8, 4) is 0 Å². The highest BCUT2D eigenvalue weighted by molar-refractivity contribution is 5.44. The molecule has 3 heteroatoms. The van der Waals surface area contributed by atoms with Gasteiger partial charge in [0.15, 0.2) is 0 Å². The van der Waals surface area contributed by atoms with E-state index < -0.39 is 0 Å². The van der Waals surface area contributed by atoms with E-state index in [4.69, 9.17) is 5.73 Å². The van der Waals surface area contributed by atoms with Gasteiger partial charge in [-0.3, -0.25) is 4.98 Å². The molecule has 0 aliphatic rings. The first-order valence-electron chi connectivity index (χ1n) is 5.72. The van der Waals surface area contributed by atoms with E-state index in [2.05, 4.69) is 22.4 Å². The van der Waals surface area contributed by atoms with Crippen molar-refractivity contribution in [2.75, 3.05) is 12.4 Å². The maximum absolute atomic E-state index is 6.18. The van der Waals surface area contributed by atoms with Crippen LogP contribution in [-0.2, 0) is 6.42 Å². The summed E-state index contributed by atoms with van der Waals surface area (Å²) in [6.07, 6.45) is 4.43. The fourth-order valence-corrected chi connectivity index (χ4v) is 1.79. The fourth-order valence-electron chi connectivity index (χ4n) is 1.79. The van der Waals surface area contributed by atoms with Crippen LogP contribution in [0, 0.1) is 0 Å². The van der Waals surface area contributed by atoms with Crippen molar-refractivity contribution in [1.29, 1.82) is 0 Å². The third-order valence-corrected chi connectivity index (χ3v) is 2.83. The second kappa shape index (κ2) is 5.46. The molecule has 0 aliphatic carbocycles. The molecule has 2 rings (SSSR count). The molecule has 0 radical (unpaired) electrons. The van der Waals surface area contributed by atoms with Gasteiger partial charge >= 0.3 is 0 Å². The lowest BCUT2D eigenvalue weighted by Crippen LogP contribution is -2.13. The molecule has 0 amide bonds. The van der Waals surface area contributed by atoms with Gasteiger partial charge in [0.25, 0.3) is 0 Å². The average molecular weight is 227 g/mol. The standard InChI is InChI=1S/C14H17N3/c1-16-13-4-2-12(3-5-13)14(15)10-11-6-8-17-9-7-11/h2-9,14,16H,10,15H2,1H3. The van der Waals surface area contributed by atoms with Crippen LogP contribution in [0.5, 0.6) is 0 Å². The average Bonchev–Trinajstić information content (AvgIpc) is 2.40. The Morgan fingerprint density at radius 3 is 2.35 bits per heavy atom. The Balaban J connectivity index is 2.06. The second-order valence-corrected chi connectivity index (χ2v) is 4.04. The molecule has 1 aromatic carbocycles. The maximum atomic E-state index is 6.18. The molecule has 0 bridgehead atoms. The Bertz CT molecular complexity index is 451. The SMILES string of the molecule is CNc1ccc(C(N)Cc2ccncc2)cc1. The molecule has 17 heavy (non-hydrogen) atoms. The van der Waals surface area contributed by atoms with Crippen LogP contribution < -0.4 is 11.1 Å². The minimum Gasteiger partial charge on any atom is -0.388 e. The van der Waals surface area contributed by atoms with E-state index in [1.807, 2.05) is 31.3 Å². The van der Waals surface area contributed by atoms with Crippen molar-refractivity contribution < 1.29 is 0 Å². The Morgan fingerprint density at radius 2 is 1.76 bits per heavy atom. The van der Waals surface area contributed by atoms with Gasteiger partial charge in [-0.05, 0) is 41.8 Å². The van der Waals surface area contributed by atoms with Gasteiger partial charge in [-0.1, -0.05) is 12.1 Å². The quantitative estimate of drug-likeness (QED) is 0.843. The van der Waals surface area contributed by atoms with Crippen LogP contribution in [0.2, 0.25) is 0 Å². The first-order chi connectivity index (χ1) is 8.29. The van der Waals surface area contributed by atoms with E-state index in [-0.39, 0.29) is 6.04 Å². The van der Waals surface area contributed by atoms with Crippen LogP contribution in [0.25, 0.3) is 0 Å². The van der Waals surface area contributed by atoms with Gasteiger partial charge in [-0.25, -0.2) is 0 Å². The van der Waals surface area contributed by atoms with Crippen molar-refractivity contribution in [2.24, 2.45) is 5.73 Å². The van der Waals surface area contributed by atoms with E-state index in [0.29, 0.717) is 0 Å². The lowest BCUT2D eigenvalue weighted by atomic mass is 10.0. The Morgan fingerprint density at radius 1 is 1.12 bits per heavy atom. The van der Waals surface area contributed by atoms with Crippen molar-refractivity contribution >= 4 is 5.69 Å². The van der Waals surface area contributed by atoms with Gasteiger partial charge in [-0.2, -0.15) is 0 Å². The van der Waals surface area contributed by atoms with Gasteiger partial charge in [-0.15, -0.1) is 0 Å². The minimum atomic E-state index is 0.0308. The van der Waals surface area contributed by atoms with E-state index in [9.17, 15) is 0 Å². The summed E-state index contributed by atoms with van der Waals surface area (Å²) in [7, 11) is 1.91. The topological polar surface area (TPSA) is 50.9 Å². The highest BCUT2D eigenvalue weighted by atomic mass is 14.8. The van der Waals surface area contributed by atoms with E-state index >= 15 is 0 Å². The summed E-state index contributed by atoms with van der Waals surface area (Å²) >= 11 is 0. The van der Waals surface area contributed by atoms with Crippen LogP contribution in [-0.4, -0.2) is 12.0 Å². The Hall–Kier alpha value is -1.87. The third-order valence-electron chi connectivity index (χ3n) is 2.83. The van der Waals surface area contributed by atoms with Gasteiger partial charge in [0.05, 0.1) is 0 Å². The molecule has 88 valence electrons. The monoisotopic (exact) mass is 227 g/mol. The van der Waals surface area contributed by atoms with Crippen LogP contribution in [0.4, 0.5) is 5.69 Å². The molecule has 2 aromatic rings. The number of nitrogens with two attached hydrogens (primary N) is 1. The first-order valence-corrected chi connectivity index (χ1v) is 5.72. The fraction of sp³-hybridized carbons (Fsp3) is 0.214. The zero-order valence-electron chi connectivity index (χ0n) is 9.93. The number of hydrogen-bond donors (Lipinski definition) is 2. The van der Waals surface area contributed by atoms with E-state index in [1.165, 1.54) is 5.56 Å². The molecule has 0 saturated heterocycles. The molecular formula is C14H17N3. The maximum Gasteiger partial charge on any atom is 0.0337 e. The van der Waals surface area contributed by atoms with E-state index in [1.54, 1.807) is 12.4 Å². The van der Waals surface area contributed by atoms with Crippen molar-refractivity contribution in [1.82, 2.24) is 4.98 Å². The predicted octanol–water partition coefficient (Wildman–Crippen LogP) is 2.37. The van der Waals surface area contributed by atoms with Crippen LogP contribution >= 0.6 is 0 Å². The van der Waals surface area contributed by atoms with Crippen LogP contribution in [0.1, 0.15) is 17.2 Å². The highest BCUT2D eigenvalue weighted by Crippen LogP contribution is 2.17. The van der Waals surface area contributed by atoms with Crippen LogP contribution in [0.15, 0.2) is 48.8 Å². The molecule has 3 nitrogen and oxygen atoms in total. The second-order valence-electron chi connectivity index (χ2n) is 4.04. The molecule has 3 N–H and O–H groups in total. The number of anilines is 1. The molecule has 0 saturated carbocycles. The van der Waals surface area contributed by atoms with E-state index in [0.717, 1.165) is 17.7 Å². The minimum absolute atomic E-state index is 0.0308. The molecule has 1 heterocycles. The number of nitrogens with zero attached hydrogens (tertiary/aromatic N) is 1. The number of nitrogens with one attached hydrogen (secondary N) is 1. The molecule has 1 unspecified atom stereocenters. The predicted molar refractivity (Wildman–Crippen MR) is 70.9 cm³/mol. The summed E-state index contributed by atoms with van der Waals surface area (Å²) in [6, 6.07) is 12.3. The Kier molecular flexibility index (Phi) is 3.73. The molecule has 1 atom stereocenters. The van der Waals surface area contributed by atoms with Crippen molar-refractivity contribution in [3.05, 3.63) is 59.9 Å². The van der Waals surface area contributed by atoms with Gasteiger partial charge < -0.3 is 11.1 Å². The summed E-state index contributed by atoms with van der Waals surface area (Å²) in [4.78, 5) is 4.00. The third kappa shape index (κ3) is 3.04. The first kappa shape index (κ1) is 11.6. The van der Waals surface area contributed by atoms with Gasteiger partial charge in [0, 0.05) is 31.2 Å². The zero-order valence-corrected chi connectivity index (χ0v) is 9.93. The lowest BCUT2D eigenvalue weighted by Gasteiger charge is -2.12. The molecule has 0 spiro atoms. The highest BCUT2D eigenvalue weighted by Gasteiger charge is 2.06. The smallest absolute Gasteiger partial charge is 0.0337 e. The van der Waals surface area contributed by atoms with Crippen molar-refractivity contribution in [3.63, 3.8) is 0 Å². The molecule has 0 fully saturated rings. The number of aromatic nitrogens is 1. The van der Waals surface area contributed by atoms with Crippen LogP contribution in [0.3, 0.4) is 0 Å². The van der Waals surface area contributed by atoms with Gasteiger partial charge in [0.1, 0.15) is 0 Å². The number of hydrogen-bond acceptors (Lipinski definition) is 3. The number of benzene rings is 1. The molecule has 0 aliphatic heterocycles. The summed E-state index contributed by atoms with van der Waals surface area (Å²) in [5.74, 6) is 0. The Labute approximate surface area is 102 Å². The lowest BCUT2D eigenvalue weighted by molar-refractivity contribution is 0.721. The molecule has 1 aromatic heterocycles. The summed E-state index contributed by atoms with van der Waals surface area (Å²) in [5.41, 5.74) is 9.65. The summed E-state index contributed by atoms with van der Waals surface area (Å²) in [5, 5.41) is 3.09. The summed E-state index contributed by atoms with van der Waals surface area (Å²) in [6.45, 7) is 0. The van der Waals surface area contributed by atoms with Gasteiger partial charge in [0.2, 0.25) is 0 Å². The zero-order chi connectivity index (χ0) is 12.1. The largest absolute Gasteiger partial charge is 0.388 e. The molecular weight excluding hydrogens is 210 g/mol. The number of pyridine rings is 1. The normalized spacial score (nSPS) is 12.1.